The van der Waals surface area contributed by atoms with Crippen LogP contribution in [0, 0.1) is 0 Å². The van der Waals surface area contributed by atoms with Crippen LogP contribution in [0.4, 0.5) is 4.79 Å². The van der Waals surface area contributed by atoms with Crippen LogP contribution in [0.5, 0.6) is 0 Å². The topological polar surface area (TPSA) is 41.6 Å². The number of piperazine rings is 1. The van der Waals surface area contributed by atoms with Gasteiger partial charge in [-0.2, -0.15) is 0 Å². The number of nitrogens with one attached hydrogen (secondary N) is 1. The first-order valence-corrected chi connectivity index (χ1v) is 5.52. The fourth-order valence-corrected chi connectivity index (χ4v) is 1.80. The Kier molecular flexibility index (Phi) is 5.56. The van der Waals surface area contributed by atoms with Gasteiger partial charge in [0, 0.05) is 25.2 Å². The second-order valence-electron chi connectivity index (χ2n) is 5.35. The number of ether oxygens (including phenoxy) is 1. The van der Waals surface area contributed by atoms with Gasteiger partial charge in [0.05, 0.1) is 0 Å². The lowest BCUT2D eigenvalue weighted by atomic mass is 10.1. The van der Waals surface area contributed by atoms with Crippen LogP contribution in [0.1, 0.15) is 34.6 Å². The van der Waals surface area contributed by atoms with E-state index < -0.39 is 5.60 Å². The number of amides is 1. The minimum atomic E-state index is -0.408. The number of rotatable bonds is 0. The van der Waals surface area contributed by atoms with Gasteiger partial charge >= 0.3 is 6.09 Å². The van der Waals surface area contributed by atoms with Gasteiger partial charge in [0.15, 0.2) is 0 Å². The highest BCUT2D eigenvalue weighted by Gasteiger charge is 2.28. The molecule has 1 rings (SSSR count). The molecular formula is C11H23ClN2O2. The lowest BCUT2D eigenvalue weighted by Crippen LogP contribution is -2.56. The molecule has 1 saturated heterocycles. The Bertz CT molecular complexity index is 231. The van der Waals surface area contributed by atoms with E-state index in [0.717, 1.165) is 13.1 Å². The van der Waals surface area contributed by atoms with Crippen molar-refractivity contribution in [2.45, 2.75) is 52.3 Å². The van der Waals surface area contributed by atoms with Crippen LogP contribution < -0.4 is 5.32 Å². The van der Waals surface area contributed by atoms with Gasteiger partial charge in [-0.05, 0) is 34.6 Å². The smallest absolute Gasteiger partial charge is 0.410 e. The first-order valence-electron chi connectivity index (χ1n) is 5.52. The molecule has 1 aliphatic heterocycles. The maximum atomic E-state index is 11.8. The minimum absolute atomic E-state index is 0. The summed E-state index contributed by atoms with van der Waals surface area (Å²) in [5.74, 6) is 0. The third-order valence-electron chi connectivity index (χ3n) is 2.21. The molecule has 4 nitrogen and oxygen atoms in total. The molecule has 1 heterocycles. The number of nitrogens with zero attached hydrogens (tertiary/aromatic N) is 1. The molecule has 0 radical (unpaired) electrons. The number of hydrogen-bond donors (Lipinski definition) is 1. The van der Waals surface area contributed by atoms with Crippen molar-refractivity contribution in [2.24, 2.45) is 0 Å². The summed E-state index contributed by atoms with van der Waals surface area (Å²) in [7, 11) is 0. The van der Waals surface area contributed by atoms with Gasteiger partial charge in [0.1, 0.15) is 5.60 Å². The van der Waals surface area contributed by atoms with E-state index in [1.807, 2.05) is 20.8 Å². The van der Waals surface area contributed by atoms with Crippen LogP contribution in [0.25, 0.3) is 0 Å². The second kappa shape index (κ2) is 5.73. The van der Waals surface area contributed by atoms with Crippen LogP contribution in [-0.2, 0) is 4.74 Å². The fourth-order valence-electron chi connectivity index (χ4n) is 1.80. The quantitative estimate of drug-likeness (QED) is 0.715. The molecular weight excluding hydrogens is 228 g/mol. The first-order chi connectivity index (χ1) is 6.78. The SMILES string of the molecule is C[C@@H]1CN(C(=O)OC(C)(C)C)C[C@@H](C)N1.Cl. The maximum Gasteiger partial charge on any atom is 0.410 e. The van der Waals surface area contributed by atoms with E-state index >= 15 is 0 Å². The molecule has 1 N–H and O–H groups in total. The number of halogens is 1. The highest BCUT2D eigenvalue weighted by atomic mass is 35.5. The Balaban J connectivity index is 0.00000225. The Hall–Kier alpha value is -0.480. The molecule has 96 valence electrons. The predicted octanol–water partition coefficient (Wildman–Crippen LogP) is 2.03. The maximum absolute atomic E-state index is 11.8. The fraction of sp³-hybridized carbons (Fsp3) is 0.909. The van der Waals surface area contributed by atoms with Crippen LogP contribution >= 0.6 is 12.4 Å². The Morgan fingerprint density at radius 1 is 1.25 bits per heavy atom. The molecule has 0 aliphatic carbocycles. The van der Waals surface area contributed by atoms with E-state index in [0.29, 0.717) is 12.1 Å². The minimum Gasteiger partial charge on any atom is -0.444 e. The largest absolute Gasteiger partial charge is 0.444 e. The molecule has 1 amide bonds. The molecule has 0 aromatic heterocycles. The highest BCUT2D eigenvalue weighted by Crippen LogP contribution is 2.12. The zero-order valence-corrected chi connectivity index (χ0v) is 11.6. The molecule has 2 atom stereocenters. The third-order valence-corrected chi connectivity index (χ3v) is 2.21. The molecule has 0 unspecified atom stereocenters. The summed E-state index contributed by atoms with van der Waals surface area (Å²) in [6, 6.07) is 0.669. The molecule has 5 heteroatoms. The zero-order chi connectivity index (χ0) is 11.6. The molecule has 0 spiro atoms. The van der Waals surface area contributed by atoms with Crippen molar-refractivity contribution in [3.63, 3.8) is 0 Å². The first kappa shape index (κ1) is 15.5. The van der Waals surface area contributed by atoms with E-state index in [4.69, 9.17) is 4.74 Å². The normalized spacial score (nSPS) is 25.9. The highest BCUT2D eigenvalue weighted by molar-refractivity contribution is 5.85. The standard InChI is InChI=1S/C11H22N2O2.ClH/c1-8-6-13(7-9(2)12-8)10(14)15-11(3,4)5;/h8-9,12H,6-7H2,1-5H3;1H/t8-,9-;/m1./s1. The molecule has 16 heavy (non-hydrogen) atoms. The molecule has 0 saturated carbocycles. The summed E-state index contributed by atoms with van der Waals surface area (Å²) in [4.78, 5) is 13.6. The van der Waals surface area contributed by atoms with Crippen molar-refractivity contribution in [1.29, 1.82) is 0 Å². The molecule has 1 aliphatic rings. The van der Waals surface area contributed by atoms with E-state index in [-0.39, 0.29) is 18.5 Å². The summed E-state index contributed by atoms with van der Waals surface area (Å²) >= 11 is 0. The zero-order valence-electron chi connectivity index (χ0n) is 10.7. The predicted molar refractivity (Wildman–Crippen MR) is 67.1 cm³/mol. The average molecular weight is 251 g/mol. The number of carbonyl (C=O) groups excluding carboxylic acids is 1. The summed E-state index contributed by atoms with van der Waals surface area (Å²) in [5, 5.41) is 3.38. The van der Waals surface area contributed by atoms with E-state index in [1.54, 1.807) is 4.90 Å². The van der Waals surface area contributed by atoms with Gasteiger partial charge in [0.2, 0.25) is 0 Å². The van der Waals surface area contributed by atoms with Crippen molar-refractivity contribution >= 4 is 18.5 Å². The molecule has 0 aromatic carbocycles. The van der Waals surface area contributed by atoms with Gasteiger partial charge in [0.25, 0.3) is 0 Å². The third kappa shape index (κ3) is 5.03. The van der Waals surface area contributed by atoms with Crippen molar-refractivity contribution in [3.8, 4) is 0 Å². The molecule has 0 aromatic rings. The average Bonchev–Trinajstić information content (AvgIpc) is 1.98. The lowest BCUT2D eigenvalue weighted by Gasteiger charge is -2.36. The van der Waals surface area contributed by atoms with Crippen LogP contribution in [0.2, 0.25) is 0 Å². The molecule has 1 fully saturated rings. The van der Waals surface area contributed by atoms with Crippen LogP contribution in [-0.4, -0.2) is 41.8 Å². The Morgan fingerprint density at radius 2 is 1.69 bits per heavy atom. The summed E-state index contributed by atoms with van der Waals surface area (Å²) < 4.78 is 5.33. The van der Waals surface area contributed by atoms with Crippen molar-refractivity contribution in [3.05, 3.63) is 0 Å². The van der Waals surface area contributed by atoms with Crippen molar-refractivity contribution < 1.29 is 9.53 Å². The van der Waals surface area contributed by atoms with Gasteiger partial charge in [-0.25, -0.2) is 4.79 Å². The van der Waals surface area contributed by atoms with Gasteiger partial charge in [-0.3, -0.25) is 0 Å². The van der Waals surface area contributed by atoms with Crippen molar-refractivity contribution in [1.82, 2.24) is 10.2 Å². The Labute approximate surface area is 104 Å². The van der Waals surface area contributed by atoms with Crippen LogP contribution in [0.15, 0.2) is 0 Å². The van der Waals surface area contributed by atoms with E-state index in [2.05, 4.69) is 19.2 Å². The van der Waals surface area contributed by atoms with E-state index in [1.165, 1.54) is 0 Å². The van der Waals surface area contributed by atoms with Gasteiger partial charge in [-0.1, -0.05) is 0 Å². The molecule has 0 bridgehead atoms. The number of carbonyl (C=O) groups is 1. The van der Waals surface area contributed by atoms with Gasteiger partial charge < -0.3 is 15.0 Å². The Morgan fingerprint density at radius 3 is 2.06 bits per heavy atom. The van der Waals surface area contributed by atoms with Gasteiger partial charge in [-0.15, -0.1) is 12.4 Å². The van der Waals surface area contributed by atoms with E-state index in [9.17, 15) is 4.79 Å². The van der Waals surface area contributed by atoms with Crippen LogP contribution in [0.3, 0.4) is 0 Å². The van der Waals surface area contributed by atoms with Crippen molar-refractivity contribution in [2.75, 3.05) is 13.1 Å². The lowest BCUT2D eigenvalue weighted by molar-refractivity contribution is 0.0167. The monoisotopic (exact) mass is 250 g/mol. The second-order valence-corrected chi connectivity index (χ2v) is 5.35. The summed E-state index contributed by atoms with van der Waals surface area (Å²) in [6.45, 7) is 11.3. The summed E-state index contributed by atoms with van der Waals surface area (Å²) in [5.41, 5.74) is -0.408. The number of hydrogen-bond acceptors (Lipinski definition) is 3. The summed E-state index contributed by atoms with van der Waals surface area (Å²) in [6.07, 6.45) is -0.206.